The van der Waals surface area contributed by atoms with E-state index in [2.05, 4.69) is 31.3 Å². The van der Waals surface area contributed by atoms with Crippen molar-refractivity contribution in [3.63, 3.8) is 0 Å². The minimum Gasteiger partial charge on any atom is -0.305 e. The third-order valence-electron chi connectivity index (χ3n) is 2.70. The van der Waals surface area contributed by atoms with Crippen LogP contribution in [0.1, 0.15) is 37.9 Å². The molecule has 1 aromatic rings. The molecule has 17 heavy (non-hydrogen) atoms. The summed E-state index contributed by atoms with van der Waals surface area (Å²) in [5.41, 5.74) is 2.35. The van der Waals surface area contributed by atoms with E-state index in [-0.39, 0.29) is 12.6 Å². The van der Waals surface area contributed by atoms with Gasteiger partial charge < -0.3 is 5.32 Å². The molecule has 1 aromatic carbocycles. The molecule has 1 rings (SSSR count). The monoisotopic (exact) mass is 241 g/mol. The average Bonchev–Trinajstić information content (AvgIpc) is 2.26. The van der Waals surface area contributed by atoms with Crippen molar-refractivity contribution in [3.05, 3.63) is 35.4 Å². The summed E-state index contributed by atoms with van der Waals surface area (Å²) in [6, 6.07) is 8.16. The summed E-state index contributed by atoms with van der Waals surface area (Å²) in [5, 5.41) is 2.81. The Hall–Kier alpha value is -0.960. The number of nitrogens with one attached hydrogen (secondary N) is 1. The lowest BCUT2D eigenvalue weighted by Gasteiger charge is -2.14. The van der Waals surface area contributed by atoms with Crippen molar-refractivity contribution in [3.8, 4) is 0 Å². The molecule has 0 aromatic heterocycles. The average molecular weight is 241 g/mol. The summed E-state index contributed by atoms with van der Waals surface area (Å²) in [7, 11) is 0. The highest BCUT2D eigenvalue weighted by Crippen LogP contribution is 2.15. The minimum absolute atomic E-state index is 0.0305. The Bertz CT molecular complexity index is 319. The van der Waals surface area contributed by atoms with Gasteiger partial charge in [-0.2, -0.15) is 0 Å². The zero-order valence-electron chi connectivity index (χ0n) is 10.7. The molecule has 96 valence electrons. The van der Waals surface area contributed by atoms with Crippen LogP contribution in [0.15, 0.2) is 24.3 Å². The quantitative estimate of drug-likeness (QED) is 0.798. The van der Waals surface area contributed by atoms with Crippen LogP contribution in [0.3, 0.4) is 0 Å². The van der Waals surface area contributed by atoms with Gasteiger partial charge in [0, 0.05) is 6.04 Å². The maximum absolute atomic E-state index is 12.1. The van der Waals surface area contributed by atoms with Crippen LogP contribution < -0.4 is 5.32 Å². The highest BCUT2D eigenvalue weighted by Gasteiger charge is 2.08. The first-order chi connectivity index (χ1) is 7.99. The molecule has 3 heteroatoms. The van der Waals surface area contributed by atoms with Crippen molar-refractivity contribution < 1.29 is 8.78 Å². The molecular weight excluding hydrogens is 220 g/mol. The van der Waals surface area contributed by atoms with Crippen LogP contribution in [0.25, 0.3) is 0 Å². The lowest BCUT2D eigenvalue weighted by molar-refractivity contribution is 0.142. The molecule has 0 fully saturated rings. The first-order valence-corrected chi connectivity index (χ1v) is 6.09. The molecule has 0 aliphatic heterocycles. The Morgan fingerprint density at radius 3 is 2.12 bits per heavy atom. The summed E-state index contributed by atoms with van der Waals surface area (Å²) in [6.07, 6.45) is -1.24. The lowest BCUT2D eigenvalue weighted by Crippen LogP contribution is -2.24. The molecule has 0 radical (unpaired) electrons. The fourth-order valence-electron chi connectivity index (χ4n) is 1.80. The molecule has 1 nitrogen and oxygen atoms in total. The van der Waals surface area contributed by atoms with Crippen molar-refractivity contribution >= 4 is 0 Å². The van der Waals surface area contributed by atoms with Crippen LogP contribution >= 0.6 is 0 Å². The van der Waals surface area contributed by atoms with Gasteiger partial charge in [-0.1, -0.05) is 38.1 Å². The van der Waals surface area contributed by atoms with Crippen molar-refractivity contribution in [1.82, 2.24) is 5.32 Å². The van der Waals surface area contributed by atoms with Crippen LogP contribution in [0.2, 0.25) is 0 Å². The van der Waals surface area contributed by atoms with E-state index in [1.807, 2.05) is 19.1 Å². The zero-order chi connectivity index (χ0) is 12.8. The number of halogens is 2. The van der Waals surface area contributed by atoms with Crippen LogP contribution in [0.5, 0.6) is 0 Å². The Morgan fingerprint density at radius 2 is 1.65 bits per heavy atom. The van der Waals surface area contributed by atoms with Crippen LogP contribution in [-0.4, -0.2) is 13.0 Å². The van der Waals surface area contributed by atoms with Gasteiger partial charge in [-0.15, -0.1) is 0 Å². The Morgan fingerprint density at radius 1 is 1.06 bits per heavy atom. The molecule has 0 aliphatic rings. The number of hydrogen-bond donors (Lipinski definition) is 1. The smallest absolute Gasteiger partial charge is 0.250 e. The summed E-state index contributed by atoms with van der Waals surface area (Å²) >= 11 is 0. The van der Waals surface area contributed by atoms with E-state index in [4.69, 9.17) is 0 Å². The number of hydrogen-bond acceptors (Lipinski definition) is 1. The van der Waals surface area contributed by atoms with E-state index in [9.17, 15) is 8.78 Å². The van der Waals surface area contributed by atoms with Gasteiger partial charge in [0.15, 0.2) is 0 Å². The fraction of sp³-hybridized carbons (Fsp3) is 0.571. The molecular formula is C14H21F2N. The predicted molar refractivity (Wildman–Crippen MR) is 67.4 cm³/mol. The van der Waals surface area contributed by atoms with Crippen LogP contribution in [0, 0.1) is 5.92 Å². The van der Waals surface area contributed by atoms with E-state index in [0.29, 0.717) is 5.92 Å². The maximum atomic E-state index is 12.1. The van der Waals surface area contributed by atoms with Crippen LogP contribution in [0.4, 0.5) is 8.78 Å². The third-order valence-corrected chi connectivity index (χ3v) is 2.70. The van der Waals surface area contributed by atoms with Gasteiger partial charge in [0.25, 0.3) is 6.43 Å². The topological polar surface area (TPSA) is 12.0 Å². The second-order valence-corrected chi connectivity index (χ2v) is 4.86. The molecule has 0 saturated carbocycles. The number of rotatable bonds is 6. The molecule has 1 atom stereocenters. The van der Waals surface area contributed by atoms with Crippen molar-refractivity contribution in [1.29, 1.82) is 0 Å². The molecule has 0 heterocycles. The molecule has 0 bridgehead atoms. The summed E-state index contributed by atoms with van der Waals surface area (Å²) in [6.45, 7) is 6.01. The molecule has 0 spiro atoms. The summed E-state index contributed by atoms with van der Waals surface area (Å²) < 4.78 is 24.1. The predicted octanol–water partition coefficient (Wildman–Crippen LogP) is 3.80. The first kappa shape index (κ1) is 14.1. The zero-order valence-corrected chi connectivity index (χ0v) is 10.7. The second kappa shape index (κ2) is 6.70. The maximum Gasteiger partial charge on any atom is 0.250 e. The van der Waals surface area contributed by atoms with Crippen molar-refractivity contribution in [2.24, 2.45) is 5.92 Å². The molecule has 1 N–H and O–H groups in total. The first-order valence-electron chi connectivity index (χ1n) is 6.09. The Balaban J connectivity index is 2.54. The lowest BCUT2D eigenvalue weighted by atomic mass is 10.00. The number of alkyl halides is 2. The van der Waals surface area contributed by atoms with Crippen molar-refractivity contribution in [2.45, 2.75) is 39.7 Å². The summed E-state index contributed by atoms with van der Waals surface area (Å²) in [4.78, 5) is 0. The standard InChI is InChI=1S/C14H21F2N/c1-10(2)8-12-4-6-13(7-5-12)11(3)17-9-14(15)16/h4-7,10-11,14,17H,8-9H2,1-3H3. The normalized spacial score (nSPS) is 13.4. The Kier molecular flexibility index (Phi) is 5.56. The highest BCUT2D eigenvalue weighted by atomic mass is 19.3. The van der Waals surface area contributed by atoms with Gasteiger partial charge in [-0.3, -0.25) is 0 Å². The molecule has 0 aliphatic carbocycles. The van der Waals surface area contributed by atoms with Gasteiger partial charge in [0.1, 0.15) is 0 Å². The molecule has 0 amide bonds. The Labute approximate surface area is 102 Å². The van der Waals surface area contributed by atoms with E-state index < -0.39 is 6.43 Å². The van der Waals surface area contributed by atoms with Gasteiger partial charge in [-0.05, 0) is 30.4 Å². The van der Waals surface area contributed by atoms with Gasteiger partial charge in [0.2, 0.25) is 0 Å². The van der Waals surface area contributed by atoms with E-state index in [0.717, 1.165) is 12.0 Å². The minimum atomic E-state index is -2.29. The second-order valence-electron chi connectivity index (χ2n) is 4.86. The fourth-order valence-corrected chi connectivity index (χ4v) is 1.80. The molecule has 1 unspecified atom stereocenters. The van der Waals surface area contributed by atoms with E-state index >= 15 is 0 Å². The van der Waals surface area contributed by atoms with Gasteiger partial charge in [0.05, 0.1) is 6.54 Å². The largest absolute Gasteiger partial charge is 0.305 e. The van der Waals surface area contributed by atoms with Gasteiger partial charge in [-0.25, -0.2) is 8.78 Å². The summed E-state index contributed by atoms with van der Waals surface area (Å²) in [5.74, 6) is 0.634. The SMILES string of the molecule is CC(C)Cc1ccc(C(C)NCC(F)F)cc1. The van der Waals surface area contributed by atoms with E-state index in [1.54, 1.807) is 0 Å². The van der Waals surface area contributed by atoms with Gasteiger partial charge >= 0.3 is 0 Å². The highest BCUT2D eigenvalue weighted by molar-refractivity contribution is 5.25. The van der Waals surface area contributed by atoms with E-state index in [1.165, 1.54) is 5.56 Å². The third kappa shape index (κ3) is 5.26. The van der Waals surface area contributed by atoms with Crippen molar-refractivity contribution in [2.75, 3.05) is 6.54 Å². The molecule has 0 saturated heterocycles. The number of benzene rings is 1. The van der Waals surface area contributed by atoms with Crippen LogP contribution in [-0.2, 0) is 6.42 Å².